The second-order valence-corrected chi connectivity index (χ2v) is 6.89. The van der Waals surface area contributed by atoms with Crippen LogP contribution in [0.25, 0.3) is 0 Å². The molecule has 1 N–H and O–H groups in total. The Morgan fingerprint density at radius 3 is 2.52 bits per heavy atom. The number of nitrogens with zero attached hydrogens (tertiary/aromatic N) is 3. The molecule has 0 aromatic carbocycles. The Hall–Kier alpha value is -1.54. The molecule has 2 fully saturated rings. The molecule has 8 nitrogen and oxygen atoms in total. The highest BCUT2D eigenvalue weighted by Gasteiger charge is 2.23. The van der Waals surface area contributed by atoms with Crippen molar-refractivity contribution in [3.63, 3.8) is 0 Å². The highest BCUT2D eigenvalue weighted by atomic mass is 16.6. The minimum atomic E-state index is -0.222. The van der Waals surface area contributed by atoms with Crippen LogP contribution in [0.4, 0.5) is 4.79 Å². The molecular weight excluding hydrogens is 348 g/mol. The van der Waals surface area contributed by atoms with Gasteiger partial charge in [0, 0.05) is 65.7 Å². The summed E-state index contributed by atoms with van der Waals surface area (Å²) in [4.78, 5) is 20.5. The summed E-state index contributed by atoms with van der Waals surface area (Å²) < 4.78 is 16.2. The third kappa shape index (κ3) is 7.92. The van der Waals surface area contributed by atoms with Gasteiger partial charge in [-0.1, -0.05) is 0 Å². The number of aliphatic imine (C=N–C) groups is 1. The van der Waals surface area contributed by atoms with Crippen LogP contribution in [0.1, 0.15) is 33.1 Å². The van der Waals surface area contributed by atoms with Gasteiger partial charge in [-0.3, -0.25) is 4.99 Å². The predicted octanol–water partition coefficient (Wildman–Crippen LogP) is 1.56. The van der Waals surface area contributed by atoms with E-state index < -0.39 is 0 Å². The number of hydrogen-bond acceptors (Lipinski definition) is 5. The Bertz CT molecular complexity index is 447. The lowest BCUT2D eigenvalue weighted by Crippen LogP contribution is -2.53. The number of guanidine groups is 1. The van der Waals surface area contributed by atoms with E-state index in [1.807, 2.05) is 6.92 Å². The Balaban J connectivity index is 1.65. The van der Waals surface area contributed by atoms with Crippen molar-refractivity contribution in [2.45, 2.75) is 33.1 Å². The smallest absolute Gasteiger partial charge is 0.409 e. The zero-order valence-electron chi connectivity index (χ0n) is 17.0. The van der Waals surface area contributed by atoms with Crippen LogP contribution in [-0.4, -0.2) is 94.2 Å². The van der Waals surface area contributed by atoms with Crippen LogP contribution in [-0.2, 0) is 14.2 Å². The first-order valence-corrected chi connectivity index (χ1v) is 10.3. The summed E-state index contributed by atoms with van der Waals surface area (Å²) in [5, 5.41) is 3.35. The quantitative estimate of drug-likeness (QED) is 0.389. The van der Waals surface area contributed by atoms with Gasteiger partial charge in [-0.05, 0) is 39.0 Å². The van der Waals surface area contributed by atoms with E-state index in [9.17, 15) is 4.79 Å². The maximum Gasteiger partial charge on any atom is 0.409 e. The van der Waals surface area contributed by atoms with Gasteiger partial charge in [0.15, 0.2) is 5.96 Å². The molecule has 2 saturated heterocycles. The number of carbonyl (C=O) groups is 1. The van der Waals surface area contributed by atoms with Crippen molar-refractivity contribution in [1.29, 1.82) is 0 Å². The molecule has 27 heavy (non-hydrogen) atoms. The number of hydrogen-bond donors (Lipinski definition) is 1. The summed E-state index contributed by atoms with van der Waals surface area (Å²) in [5.74, 6) is 1.57. The minimum absolute atomic E-state index is 0.222. The zero-order valence-corrected chi connectivity index (χ0v) is 17.0. The number of piperazine rings is 1. The molecule has 0 aromatic heterocycles. The molecule has 0 bridgehead atoms. The van der Waals surface area contributed by atoms with Crippen LogP contribution in [0.5, 0.6) is 0 Å². The lowest BCUT2D eigenvalue weighted by atomic mass is 10.0. The Morgan fingerprint density at radius 1 is 1.15 bits per heavy atom. The van der Waals surface area contributed by atoms with Gasteiger partial charge in [-0.15, -0.1) is 0 Å². The van der Waals surface area contributed by atoms with Gasteiger partial charge >= 0.3 is 6.09 Å². The van der Waals surface area contributed by atoms with Gasteiger partial charge in [0.2, 0.25) is 0 Å². The summed E-state index contributed by atoms with van der Waals surface area (Å²) in [7, 11) is 0. The molecule has 2 heterocycles. The molecule has 0 spiro atoms. The Labute approximate surface area is 163 Å². The van der Waals surface area contributed by atoms with E-state index in [-0.39, 0.29) is 6.09 Å². The summed E-state index contributed by atoms with van der Waals surface area (Å²) in [6.45, 7) is 12.1. The monoisotopic (exact) mass is 384 g/mol. The second kappa shape index (κ2) is 12.8. The van der Waals surface area contributed by atoms with Crippen molar-refractivity contribution in [2.75, 3.05) is 72.3 Å². The zero-order chi connectivity index (χ0) is 19.3. The highest BCUT2D eigenvalue weighted by Crippen LogP contribution is 2.14. The van der Waals surface area contributed by atoms with Gasteiger partial charge in [-0.2, -0.15) is 0 Å². The molecule has 2 rings (SSSR count). The fraction of sp³-hybridized carbons (Fsp3) is 0.895. The topological polar surface area (TPSA) is 75.6 Å². The van der Waals surface area contributed by atoms with Gasteiger partial charge < -0.3 is 29.3 Å². The van der Waals surface area contributed by atoms with E-state index in [4.69, 9.17) is 19.2 Å². The Morgan fingerprint density at radius 2 is 1.85 bits per heavy atom. The fourth-order valence-electron chi connectivity index (χ4n) is 3.26. The van der Waals surface area contributed by atoms with Gasteiger partial charge in [0.05, 0.1) is 6.61 Å². The molecule has 156 valence electrons. The van der Waals surface area contributed by atoms with E-state index >= 15 is 0 Å². The second-order valence-electron chi connectivity index (χ2n) is 6.89. The molecule has 0 unspecified atom stereocenters. The number of carbonyl (C=O) groups excluding carboxylic acids is 1. The third-order valence-electron chi connectivity index (χ3n) is 4.84. The first-order chi connectivity index (χ1) is 13.2. The van der Waals surface area contributed by atoms with Gasteiger partial charge in [0.25, 0.3) is 0 Å². The molecule has 0 aromatic rings. The van der Waals surface area contributed by atoms with Crippen molar-refractivity contribution in [1.82, 2.24) is 15.1 Å². The standard InChI is InChI=1S/C19H36N4O4/c1-3-20-18(22-9-11-23(12-10-22)19(24)27-4-2)21-8-5-13-26-16-17-6-14-25-15-7-17/h17H,3-16H2,1-2H3,(H,20,21). The molecule has 1 amide bonds. The van der Waals surface area contributed by atoms with Crippen LogP contribution in [0.2, 0.25) is 0 Å². The van der Waals surface area contributed by atoms with Crippen molar-refractivity contribution >= 4 is 12.1 Å². The maximum atomic E-state index is 11.8. The molecule has 8 heteroatoms. The number of nitrogens with one attached hydrogen (secondary N) is 1. The van der Waals surface area contributed by atoms with E-state index in [0.29, 0.717) is 25.6 Å². The molecule has 0 radical (unpaired) electrons. The van der Waals surface area contributed by atoms with Crippen molar-refractivity contribution in [3.8, 4) is 0 Å². The first kappa shape index (κ1) is 21.8. The summed E-state index contributed by atoms with van der Waals surface area (Å²) in [5.41, 5.74) is 0. The maximum absolute atomic E-state index is 11.8. The number of ether oxygens (including phenoxy) is 3. The van der Waals surface area contributed by atoms with Gasteiger partial charge in [-0.25, -0.2) is 4.79 Å². The number of amides is 1. The van der Waals surface area contributed by atoms with Crippen molar-refractivity contribution < 1.29 is 19.0 Å². The normalized spacial score (nSPS) is 19.3. The fourth-order valence-corrected chi connectivity index (χ4v) is 3.26. The van der Waals surface area contributed by atoms with Crippen LogP contribution >= 0.6 is 0 Å². The van der Waals surface area contributed by atoms with E-state index in [0.717, 1.165) is 77.8 Å². The molecule has 0 atom stereocenters. The van der Waals surface area contributed by atoms with E-state index in [1.165, 1.54) is 0 Å². The van der Waals surface area contributed by atoms with Crippen LogP contribution in [0, 0.1) is 5.92 Å². The average Bonchev–Trinajstić information content (AvgIpc) is 2.71. The molecule has 0 aliphatic carbocycles. The molecular formula is C19H36N4O4. The van der Waals surface area contributed by atoms with Gasteiger partial charge in [0.1, 0.15) is 0 Å². The predicted molar refractivity (Wildman–Crippen MR) is 105 cm³/mol. The van der Waals surface area contributed by atoms with Crippen LogP contribution < -0.4 is 5.32 Å². The largest absolute Gasteiger partial charge is 0.450 e. The van der Waals surface area contributed by atoms with Crippen molar-refractivity contribution in [2.24, 2.45) is 10.9 Å². The highest BCUT2D eigenvalue weighted by molar-refractivity contribution is 5.80. The SMILES string of the molecule is CCNC(=NCCCOCC1CCOCC1)N1CCN(C(=O)OCC)CC1. The molecule has 0 saturated carbocycles. The molecule has 2 aliphatic rings. The summed E-state index contributed by atoms with van der Waals surface area (Å²) in [6, 6.07) is 0. The average molecular weight is 385 g/mol. The number of rotatable bonds is 8. The van der Waals surface area contributed by atoms with Crippen molar-refractivity contribution in [3.05, 3.63) is 0 Å². The minimum Gasteiger partial charge on any atom is -0.450 e. The lowest BCUT2D eigenvalue weighted by Gasteiger charge is -2.35. The lowest BCUT2D eigenvalue weighted by molar-refractivity contribution is 0.0205. The molecule has 2 aliphatic heterocycles. The van der Waals surface area contributed by atoms with E-state index in [2.05, 4.69) is 17.1 Å². The van der Waals surface area contributed by atoms with E-state index in [1.54, 1.807) is 4.90 Å². The third-order valence-corrected chi connectivity index (χ3v) is 4.84. The first-order valence-electron chi connectivity index (χ1n) is 10.3. The Kier molecular flexibility index (Phi) is 10.3. The summed E-state index contributed by atoms with van der Waals surface area (Å²) >= 11 is 0. The summed E-state index contributed by atoms with van der Waals surface area (Å²) in [6.07, 6.45) is 2.92. The van der Waals surface area contributed by atoms with Crippen LogP contribution in [0.3, 0.4) is 0 Å². The van der Waals surface area contributed by atoms with Crippen LogP contribution in [0.15, 0.2) is 4.99 Å².